The number of hydrogen-bond acceptors (Lipinski definition) is 5. The van der Waals surface area contributed by atoms with Gasteiger partial charge in [-0.3, -0.25) is 0 Å². The van der Waals surface area contributed by atoms with Gasteiger partial charge in [-0.15, -0.1) is 0 Å². The summed E-state index contributed by atoms with van der Waals surface area (Å²) < 4.78 is 4.97. The van der Waals surface area contributed by atoms with Crippen molar-refractivity contribution in [1.29, 1.82) is 0 Å². The molecule has 19 heavy (non-hydrogen) atoms. The highest BCUT2D eigenvalue weighted by atomic mass is 16.5. The van der Waals surface area contributed by atoms with E-state index < -0.39 is 11.6 Å². The first-order valence-electron chi connectivity index (χ1n) is 6.58. The Hall–Kier alpha value is -1.62. The Bertz CT molecular complexity index is 419. The molecule has 0 saturated carbocycles. The minimum Gasteiger partial charge on any atom is -0.462 e. The molecule has 1 heterocycles. The smallest absolute Gasteiger partial charge is 0.341 e. The fourth-order valence-corrected chi connectivity index (χ4v) is 1.82. The molecule has 0 aliphatic carbocycles. The van der Waals surface area contributed by atoms with Crippen LogP contribution in [0.5, 0.6) is 0 Å². The maximum absolute atomic E-state index is 11.8. The minimum absolute atomic E-state index is 0.320. The number of carbonyl (C=O) groups is 1. The van der Waals surface area contributed by atoms with Crippen molar-refractivity contribution in [3.8, 4) is 0 Å². The average Bonchev–Trinajstić information content (AvgIpc) is 2.37. The van der Waals surface area contributed by atoms with Crippen LogP contribution in [0.3, 0.4) is 0 Å². The van der Waals surface area contributed by atoms with Gasteiger partial charge in [-0.2, -0.15) is 0 Å². The van der Waals surface area contributed by atoms with Crippen LogP contribution in [0.2, 0.25) is 0 Å². The number of pyridine rings is 1. The van der Waals surface area contributed by atoms with Crippen molar-refractivity contribution in [2.24, 2.45) is 0 Å². The Labute approximate surface area is 114 Å². The standard InChI is InChI=1S/C14H22N2O3/c1-4-8-14(3,18)10-16-12-11(7-6-9-15-12)13(17)19-5-2/h6-7,9,18H,4-5,8,10H2,1-3H3,(H,15,16). The van der Waals surface area contributed by atoms with Crippen molar-refractivity contribution in [3.05, 3.63) is 23.9 Å². The molecule has 0 saturated heterocycles. The van der Waals surface area contributed by atoms with E-state index in [9.17, 15) is 9.90 Å². The summed E-state index contributed by atoms with van der Waals surface area (Å²) in [5.41, 5.74) is -0.435. The van der Waals surface area contributed by atoms with Gasteiger partial charge in [-0.25, -0.2) is 9.78 Å². The first-order valence-corrected chi connectivity index (χ1v) is 6.58. The number of aliphatic hydroxyl groups is 1. The molecule has 0 aliphatic rings. The summed E-state index contributed by atoms with van der Waals surface area (Å²) >= 11 is 0. The van der Waals surface area contributed by atoms with Crippen LogP contribution in [0.25, 0.3) is 0 Å². The maximum Gasteiger partial charge on any atom is 0.341 e. The molecular formula is C14H22N2O3. The number of rotatable bonds is 7. The molecule has 0 amide bonds. The molecule has 1 atom stereocenters. The second-order valence-corrected chi connectivity index (χ2v) is 4.72. The van der Waals surface area contributed by atoms with Crippen molar-refractivity contribution in [1.82, 2.24) is 4.98 Å². The van der Waals surface area contributed by atoms with Gasteiger partial charge in [0.15, 0.2) is 0 Å². The lowest BCUT2D eigenvalue weighted by Crippen LogP contribution is -2.33. The summed E-state index contributed by atoms with van der Waals surface area (Å²) in [7, 11) is 0. The molecule has 0 bridgehead atoms. The Morgan fingerprint density at radius 1 is 1.53 bits per heavy atom. The number of nitrogens with one attached hydrogen (secondary N) is 1. The third kappa shape index (κ3) is 4.87. The largest absolute Gasteiger partial charge is 0.462 e. The van der Waals surface area contributed by atoms with Crippen LogP contribution in [0.4, 0.5) is 5.82 Å². The predicted octanol–water partition coefficient (Wildman–Crippen LogP) is 2.22. The van der Waals surface area contributed by atoms with E-state index >= 15 is 0 Å². The van der Waals surface area contributed by atoms with Gasteiger partial charge in [0.05, 0.1) is 12.2 Å². The minimum atomic E-state index is -0.821. The molecule has 2 N–H and O–H groups in total. The van der Waals surface area contributed by atoms with Gasteiger partial charge in [-0.1, -0.05) is 13.3 Å². The van der Waals surface area contributed by atoms with Crippen molar-refractivity contribution in [3.63, 3.8) is 0 Å². The molecule has 1 unspecified atom stereocenters. The zero-order chi connectivity index (χ0) is 14.3. The normalized spacial score (nSPS) is 13.7. The van der Waals surface area contributed by atoms with E-state index in [1.807, 2.05) is 6.92 Å². The molecule has 0 aliphatic heterocycles. The van der Waals surface area contributed by atoms with Gasteiger partial charge in [0, 0.05) is 12.7 Å². The van der Waals surface area contributed by atoms with Crippen molar-refractivity contribution in [2.45, 2.75) is 39.2 Å². The summed E-state index contributed by atoms with van der Waals surface area (Å²) in [4.78, 5) is 15.9. The quantitative estimate of drug-likeness (QED) is 0.740. The van der Waals surface area contributed by atoms with Gasteiger partial charge in [-0.05, 0) is 32.4 Å². The van der Waals surface area contributed by atoms with Gasteiger partial charge in [0.25, 0.3) is 0 Å². The fraction of sp³-hybridized carbons (Fsp3) is 0.571. The highest BCUT2D eigenvalue weighted by Crippen LogP contribution is 2.16. The molecule has 0 radical (unpaired) electrons. The highest BCUT2D eigenvalue weighted by Gasteiger charge is 2.20. The first-order chi connectivity index (χ1) is 9.00. The van der Waals surface area contributed by atoms with Crippen LogP contribution in [-0.4, -0.2) is 34.8 Å². The molecule has 106 valence electrons. The summed E-state index contributed by atoms with van der Waals surface area (Å²) in [5.74, 6) is 0.0329. The van der Waals surface area contributed by atoms with E-state index in [0.717, 1.165) is 6.42 Å². The number of aromatic nitrogens is 1. The molecule has 1 aromatic rings. The number of nitrogens with zero attached hydrogens (tertiary/aromatic N) is 1. The predicted molar refractivity (Wildman–Crippen MR) is 74.2 cm³/mol. The topological polar surface area (TPSA) is 71.5 Å². The molecule has 5 nitrogen and oxygen atoms in total. The molecule has 1 rings (SSSR count). The second-order valence-electron chi connectivity index (χ2n) is 4.72. The number of ether oxygens (including phenoxy) is 1. The van der Waals surface area contributed by atoms with E-state index in [2.05, 4.69) is 10.3 Å². The lowest BCUT2D eigenvalue weighted by molar-refractivity contribution is 0.0523. The number of esters is 1. The van der Waals surface area contributed by atoms with Crippen molar-refractivity contribution >= 4 is 11.8 Å². The number of carbonyl (C=O) groups excluding carboxylic acids is 1. The fourth-order valence-electron chi connectivity index (χ4n) is 1.82. The monoisotopic (exact) mass is 266 g/mol. The Morgan fingerprint density at radius 2 is 2.26 bits per heavy atom. The SMILES string of the molecule is CCCC(C)(O)CNc1ncccc1C(=O)OCC. The van der Waals surface area contributed by atoms with Crippen LogP contribution in [0.1, 0.15) is 44.0 Å². The lowest BCUT2D eigenvalue weighted by Gasteiger charge is -2.23. The summed E-state index contributed by atoms with van der Waals surface area (Å²) in [5, 5.41) is 13.1. The van der Waals surface area contributed by atoms with E-state index in [4.69, 9.17) is 4.74 Å². The first kappa shape index (κ1) is 15.4. The molecule has 1 aromatic heterocycles. The molecule has 0 aromatic carbocycles. The van der Waals surface area contributed by atoms with E-state index in [1.165, 1.54) is 0 Å². The van der Waals surface area contributed by atoms with E-state index in [0.29, 0.717) is 31.0 Å². The summed E-state index contributed by atoms with van der Waals surface area (Å²) in [6.45, 7) is 6.19. The van der Waals surface area contributed by atoms with Gasteiger partial charge >= 0.3 is 5.97 Å². The van der Waals surface area contributed by atoms with Crippen LogP contribution >= 0.6 is 0 Å². The second kappa shape index (κ2) is 7.09. The number of anilines is 1. The van der Waals surface area contributed by atoms with Gasteiger partial charge in [0.2, 0.25) is 0 Å². The van der Waals surface area contributed by atoms with Crippen LogP contribution in [0.15, 0.2) is 18.3 Å². The van der Waals surface area contributed by atoms with Gasteiger partial charge < -0.3 is 15.2 Å². The number of hydrogen-bond donors (Lipinski definition) is 2. The van der Waals surface area contributed by atoms with Gasteiger partial charge in [0.1, 0.15) is 11.4 Å². The lowest BCUT2D eigenvalue weighted by atomic mass is 10.0. The maximum atomic E-state index is 11.8. The van der Waals surface area contributed by atoms with Crippen molar-refractivity contribution in [2.75, 3.05) is 18.5 Å². The molecule has 5 heteroatoms. The Morgan fingerprint density at radius 3 is 2.89 bits per heavy atom. The van der Waals surface area contributed by atoms with Crippen molar-refractivity contribution < 1.29 is 14.6 Å². The third-order valence-electron chi connectivity index (χ3n) is 2.73. The molecule has 0 fully saturated rings. The highest BCUT2D eigenvalue weighted by molar-refractivity contribution is 5.94. The summed E-state index contributed by atoms with van der Waals surface area (Å²) in [6, 6.07) is 3.34. The van der Waals surface area contributed by atoms with Crippen LogP contribution < -0.4 is 5.32 Å². The Balaban J connectivity index is 2.76. The van der Waals surface area contributed by atoms with E-state index in [1.54, 1.807) is 32.2 Å². The zero-order valence-electron chi connectivity index (χ0n) is 11.8. The summed E-state index contributed by atoms with van der Waals surface area (Å²) in [6.07, 6.45) is 3.17. The zero-order valence-corrected chi connectivity index (χ0v) is 11.8. The Kier molecular flexibility index (Phi) is 5.76. The third-order valence-corrected chi connectivity index (χ3v) is 2.73. The average molecular weight is 266 g/mol. The van der Waals surface area contributed by atoms with Crippen LogP contribution in [0, 0.1) is 0 Å². The molecule has 0 spiro atoms. The van der Waals surface area contributed by atoms with E-state index in [-0.39, 0.29) is 0 Å². The molecular weight excluding hydrogens is 244 g/mol. The van der Waals surface area contributed by atoms with Crippen LogP contribution in [-0.2, 0) is 4.74 Å².